The number of nitrogens with one attached hydrogen (secondary N) is 1. The molecule has 2 rings (SSSR count). The van der Waals surface area contributed by atoms with Crippen LogP contribution in [0.1, 0.15) is 18.9 Å². The number of aromatic nitrogens is 1. The zero-order valence-corrected chi connectivity index (χ0v) is 9.27. The number of rotatable bonds is 2. The summed E-state index contributed by atoms with van der Waals surface area (Å²) < 4.78 is 0. The molecule has 1 heterocycles. The maximum Gasteiger partial charge on any atom is 0.207 e. The van der Waals surface area contributed by atoms with Gasteiger partial charge in [0.1, 0.15) is 5.02 Å². The lowest BCUT2D eigenvalue weighted by molar-refractivity contribution is 0.926. The number of para-hydroxylation sites is 1. The van der Waals surface area contributed by atoms with Crippen LogP contribution in [0.2, 0.25) is 5.02 Å². The maximum absolute atomic E-state index is 11.7. The molecular weight excluding hydrogens is 210 g/mol. The number of aryl methyl sites for hydroxylation is 1. The molecule has 0 saturated carbocycles. The zero-order chi connectivity index (χ0) is 10.8. The Kier molecular flexibility index (Phi) is 2.78. The van der Waals surface area contributed by atoms with Crippen LogP contribution >= 0.6 is 11.6 Å². The van der Waals surface area contributed by atoms with Crippen LogP contribution in [-0.4, -0.2) is 4.98 Å². The van der Waals surface area contributed by atoms with E-state index in [0.29, 0.717) is 5.39 Å². The Morgan fingerprint density at radius 3 is 2.93 bits per heavy atom. The van der Waals surface area contributed by atoms with Gasteiger partial charge in [0.15, 0.2) is 0 Å². The average Bonchev–Trinajstić information content (AvgIpc) is 2.25. The van der Waals surface area contributed by atoms with Gasteiger partial charge in [-0.1, -0.05) is 37.1 Å². The second-order valence-electron chi connectivity index (χ2n) is 3.56. The Morgan fingerprint density at radius 2 is 2.20 bits per heavy atom. The first kappa shape index (κ1) is 10.2. The third kappa shape index (κ3) is 1.77. The van der Waals surface area contributed by atoms with Crippen molar-refractivity contribution < 1.29 is 0 Å². The van der Waals surface area contributed by atoms with E-state index in [4.69, 9.17) is 11.6 Å². The number of hydrogen-bond donors (Lipinski definition) is 1. The number of hydrogen-bond acceptors (Lipinski definition) is 1. The molecule has 1 N–H and O–H groups in total. The minimum atomic E-state index is -0.0941. The van der Waals surface area contributed by atoms with Crippen molar-refractivity contribution in [3.8, 4) is 0 Å². The number of H-pyrrole nitrogens is 1. The Morgan fingerprint density at radius 1 is 1.40 bits per heavy atom. The van der Waals surface area contributed by atoms with Crippen molar-refractivity contribution in [1.82, 2.24) is 4.98 Å². The minimum absolute atomic E-state index is 0.0941. The summed E-state index contributed by atoms with van der Waals surface area (Å²) >= 11 is 5.77. The monoisotopic (exact) mass is 221 g/mol. The first-order chi connectivity index (χ1) is 7.24. The van der Waals surface area contributed by atoms with Crippen molar-refractivity contribution >= 4 is 22.5 Å². The average molecular weight is 222 g/mol. The first-order valence-electron chi connectivity index (χ1n) is 5.03. The Labute approximate surface area is 92.9 Å². The van der Waals surface area contributed by atoms with Gasteiger partial charge in [-0.25, -0.2) is 0 Å². The quantitative estimate of drug-likeness (QED) is 0.831. The van der Waals surface area contributed by atoms with Crippen molar-refractivity contribution in [2.24, 2.45) is 0 Å². The van der Waals surface area contributed by atoms with Crippen molar-refractivity contribution in [2.45, 2.75) is 19.8 Å². The standard InChI is InChI=1S/C12H12ClNO/c1-2-4-8-5-3-6-9-11(8)14-7-10(13)12(9)15/h3,5-7H,2,4H2,1H3,(H,14,15). The summed E-state index contributed by atoms with van der Waals surface area (Å²) in [4.78, 5) is 14.8. The molecule has 1 aromatic carbocycles. The van der Waals surface area contributed by atoms with Gasteiger partial charge in [0.2, 0.25) is 5.43 Å². The first-order valence-corrected chi connectivity index (χ1v) is 5.40. The van der Waals surface area contributed by atoms with Crippen LogP contribution in [0.5, 0.6) is 0 Å². The molecule has 0 unspecified atom stereocenters. The Balaban J connectivity index is 2.77. The lowest BCUT2D eigenvalue weighted by atomic mass is 10.1. The smallest absolute Gasteiger partial charge is 0.207 e. The molecule has 3 heteroatoms. The number of pyridine rings is 1. The molecule has 2 nitrogen and oxygen atoms in total. The van der Waals surface area contributed by atoms with E-state index in [1.165, 1.54) is 5.56 Å². The van der Waals surface area contributed by atoms with Crippen molar-refractivity contribution in [3.63, 3.8) is 0 Å². The zero-order valence-electron chi connectivity index (χ0n) is 8.51. The molecule has 0 aliphatic rings. The second kappa shape index (κ2) is 4.07. The topological polar surface area (TPSA) is 32.9 Å². The van der Waals surface area contributed by atoms with Gasteiger partial charge in [0.25, 0.3) is 0 Å². The normalized spacial score (nSPS) is 10.8. The molecule has 0 amide bonds. The largest absolute Gasteiger partial charge is 0.359 e. The van der Waals surface area contributed by atoms with Crippen LogP contribution in [0, 0.1) is 0 Å². The van der Waals surface area contributed by atoms with Gasteiger partial charge in [-0.2, -0.15) is 0 Å². The molecule has 0 aliphatic carbocycles. The molecule has 0 saturated heterocycles. The summed E-state index contributed by atoms with van der Waals surface area (Å²) in [5, 5.41) is 0.921. The van der Waals surface area contributed by atoms with Gasteiger partial charge in [-0.05, 0) is 18.1 Å². The number of benzene rings is 1. The van der Waals surface area contributed by atoms with E-state index in [0.717, 1.165) is 18.4 Å². The van der Waals surface area contributed by atoms with Crippen LogP contribution < -0.4 is 5.43 Å². The van der Waals surface area contributed by atoms with E-state index in [-0.39, 0.29) is 10.5 Å². The highest BCUT2D eigenvalue weighted by Gasteiger charge is 2.05. The maximum atomic E-state index is 11.7. The summed E-state index contributed by atoms with van der Waals surface area (Å²) in [6, 6.07) is 5.74. The molecule has 0 radical (unpaired) electrons. The highest BCUT2D eigenvalue weighted by atomic mass is 35.5. The Bertz CT molecular complexity index is 545. The van der Waals surface area contributed by atoms with E-state index >= 15 is 0 Å². The van der Waals surface area contributed by atoms with Gasteiger partial charge < -0.3 is 4.98 Å². The van der Waals surface area contributed by atoms with E-state index in [2.05, 4.69) is 11.9 Å². The molecule has 78 valence electrons. The molecule has 0 aliphatic heterocycles. The molecule has 0 spiro atoms. The van der Waals surface area contributed by atoms with Gasteiger partial charge in [-0.3, -0.25) is 4.79 Å². The lowest BCUT2D eigenvalue weighted by Crippen LogP contribution is -2.04. The van der Waals surface area contributed by atoms with Crippen molar-refractivity contribution in [3.05, 3.63) is 45.2 Å². The van der Waals surface area contributed by atoms with Gasteiger partial charge in [0.05, 0.1) is 5.52 Å². The molecular formula is C12H12ClNO. The predicted octanol–water partition coefficient (Wildman–Crippen LogP) is 3.13. The van der Waals surface area contributed by atoms with Gasteiger partial charge in [0, 0.05) is 11.6 Å². The minimum Gasteiger partial charge on any atom is -0.359 e. The summed E-state index contributed by atoms with van der Waals surface area (Å²) in [5.41, 5.74) is 1.99. The van der Waals surface area contributed by atoms with Gasteiger partial charge >= 0.3 is 0 Å². The lowest BCUT2D eigenvalue weighted by Gasteiger charge is -2.04. The molecule has 0 fully saturated rings. The summed E-state index contributed by atoms with van der Waals surface area (Å²) in [7, 11) is 0. The van der Waals surface area contributed by atoms with E-state index in [1.807, 2.05) is 12.1 Å². The second-order valence-corrected chi connectivity index (χ2v) is 3.96. The SMILES string of the molecule is CCCc1cccc2c(=O)c(Cl)c[nH]c12. The molecule has 15 heavy (non-hydrogen) atoms. The van der Waals surface area contributed by atoms with Crippen molar-refractivity contribution in [2.75, 3.05) is 0 Å². The van der Waals surface area contributed by atoms with Crippen molar-refractivity contribution in [1.29, 1.82) is 0 Å². The van der Waals surface area contributed by atoms with Crippen LogP contribution in [0.25, 0.3) is 10.9 Å². The summed E-state index contributed by atoms with van der Waals surface area (Å²) in [6.07, 6.45) is 3.59. The molecule has 2 aromatic rings. The number of aromatic amines is 1. The van der Waals surface area contributed by atoms with Crippen LogP contribution in [0.4, 0.5) is 0 Å². The third-order valence-corrected chi connectivity index (χ3v) is 2.76. The highest BCUT2D eigenvalue weighted by Crippen LogP contribution is 2.16. The number of halogens is 1. The van der Waals surface area contributed by atoms with E-state index in [1.54, 1.807) is 12.3 Å². The molecule has 0 bridgehead atoms. The highest BCUT2D eigenvalue weighted by molar-refractivity contribution is 6.31. The van der Waals surface area contributed by atoms with E-state index in [9.17, 15) is 4.79 Å². The Hall–Kier alpha value is -1.28. The third-order valence-electron chi connectivity index (χ3n) is 2.47. The van der Waals surface area contributed by atoms with Crippen LogP contribution in [0.15, 0.2) is 29.2 Å². The van der Waals surface area contributed by atoms with Gasteiger partial charge in [-0.15, -0.1) is 0 Å². The van der Waals surface area contributed by atoms with Crippen LogP contribution in [-0.2, 0) is 6.42 Å². The summed E-state index contributed by atoms with van der Waals surface area (Å²) in [5.74, 6) is 0. The fourth-order valence-electron chi connectivity index (χ4n) is 1.77. The fourth-order valence-corrected chi connectivity index (χ4v) is 1.92. The van der Waals surface area contributed by atoms with Crippen LogP contribution in [0.3, 0.4) is 0 Å². The number of fused-ring (bicyclic) bond motifs is 1. The van der Waals surface area contributed by atoms with E-state index < -0.39 is 0 Å². The molecule has 0 atom stereocenters. The summed E-state index contributed by atoms with van der Waals surface area (Å²) in [6.45, 7) is 2.12. The predicted molar refractivity (Wildman–Crippen MR) is 63.6 cm³/mol. The fraction of sp³-hybridized carbons (Fsp3) is 0.250. The molecule has 1 aromatic heterocycles.